The minimum atomic E-state index is -0.223. The predicted molar refractivity (Wildman–Crippen MR) is 56.9 cm³/mol. The van der Waals surface area contributed by atoms with Crippen molar-refractivity contribution in [1.29, 1.82) is 0 Å². The fourth-order valence-electron chi connectivity index (χ4n) is 1.60. The number of hydrogen-bond donors (Lipinski definition) is 0. The molecular weight excluding hydrogens is 192 g/mol. The van der Waals surface area contributed by atoms with E-state index >= 15 is 0 Å². The molecule has 1 fully saturated rings. The molecule has 2 atom stereocenters. The zero-order valence-corrected chi connectivity index (χ0v) is 9.10. The Morgan fingerprint density at radius 2 is 2.00 bits per heavy atom. The van der Waals surface area contributed by atoms with Gasteiger partial charge in [0, 0.05) is 5.56 Å². The summed E-state index contributed by atoms with van der Waals surface area (Å²) in [5, 5.41) is 0. The Labute approximate surface area is 90.0 Å². The first-order valence-electron chi connectivity index (χ1n) is 5.20. The zero-order chi connectivity index (χ0) is 10.7. The highest BCUT2D eigenvalue weighted by atomic mass is 16.7. The standard InChI is InChI=1S/C12H16O3/c1-9-7-8-14-12(15-9)10-3-5-11(13-2)6-4-10/h3-6,9,12H,7-8H2,1-2H3/t9-,12+/m0/s1. The Balaban J connectivity index is 2.07. The van der Waals surface area contributed by atoms with Gasteiger partial charge in [0.2, 0.25) is 0 Å². The van der Waals surface area contributed by atoms with Crippen LogP contribution in [0.3, 0.4) is 0 Å². The average molecular weight is 208 g/mol. The molecule has 1 aromatic carbocycles. The average Bonchev–Trinajstić information content (AvgIpc) is 2.29. The molecule has 1 aliphatic heterocycles. The minimum Gasteiger partial charge on any atom is -0.497 e. The summed E-state index contributed by atoms with van der Waals surface area (Å²) in [5.74, 6) is 0.850. The maximum Gasteiger partial charge on any atom is 0.184 e. The lowest BCUT2D eigenvalue weighted by Gasteiger charge is -2.28. The Morgan fingerprint density at radius 1 is 1.27 bits per heavy atom. The lowest BCUT2D eigenvalue weighted by molar-refractivity contribution is -0.212. The smallest absolute Gasteiger partial charge is 0.184 e. The summed E-state index contributed by atoms with van der Waals surface area (Å²) < 4.78 is 16.3. The first-order valence-corrected chi connectivity index (χ1v) is 5.20. The molecular formula is C12H16O3. The fraction of sp³-hybridized carbons (Fsp3) is 0.500. The van der Waals surface area contributed by atoms with E-state index in [1.165, 1.54) is 0 Å². The van der Waals surface area contributed by atoms with Gasteiger partial charge in [0.1, 0.15) is 5.75 Å². The molecule has 0 aromatic heterocycles. The summed E-state index contributed by atoms with van der Waals surface area (Å²) in [6, 6.07) is 7.78. The molecule has 0 spiro atoms. The van der Waals surface area contributed by atoms with Crippen LogP contribution in [0.15, 0.2) is 24.3 Å². The normalized spacial score (nSPS) is 26.3. The van der Waals surface area contributed by atoms with Gasteiger partial charge in [0.15, 0.2) is 6.29 Å². The van der Waals surface area contributed by atoms with Crippen molar-refractivity contribution >= 4 is 0 Å². The third kappa shape index (κ3) is 2.49. The molecule has 82 valence electrons. The second-order valence-corrected chi connectivity index (χ2v) is 3.71. The molecule has 0 aliphatic carbocycles. The third-order valence-electron chi connectivity index (χ3n) is 2.54. The lowest BCUT2D eigenvalue weighted by Crippen LogP contribution is -2.24. The van der Waals surface area contributed by atoms with Gasteiger partial charge in [-0.25, -0.2) is 0 Å². The van der Waals surface area contributed by atoms with Crippen LogP contribution in [-0.4, -0.2) is 19.8 Å². The minimum absolute atomic E-state index is 0.223. The Bertz CT molecular complexity index is 307. The maximum absolute atomic E-state index is 5.68. The largest absolute Gasteiger partial charge is 0.497 e. The molecule has 3 nitrogen and oxygen atoms in total. The molecule has 1 aromatic rings. The third-order valence-corrected chi connectivity index (χ3v) is 2.54. The van der Waals surface area contributed by atoms with Gasteiger partial charge in [0.05, 0.1) is 19.8 Å². The van der Waals surface area contributed by atoms with Crippen LogP contribution in [-0.2, 0) is 9.47 Å². The first-order chi connectivity index (χ1) is 7.29. The van der Waals surface area contributed by atoms with Crippen LogP contribution in [0.4, 0.5) is 0 Å². The van der Waals surface area contributed by atoms with E-state index < -0.39 is 0 Å². The van der Waals surface area contributed by atoms with Gasteiger partial charge >= 0.3 is 0 Å². The number of rotatable bonds is 2. The molecule has 1 aliphatic rings. The predicted octanol–water partition coefficient (Wildman–Crippen LogP) is 2.52. The van der Waals surface area contributed by atoms with Crippen molar-refractivity contribution in [1.82, 2.24) is 0 Å². The van der Waals surface area contributed by atoms with Crippen LogP contribution in [0.25, 0.3) is 0 Å². The zero-order valence-electron chi connectivity index (χ0n) is 9.10. The molecule has 3 heteroatoms. The lowest BCUT2D eigenvalue weighted by atomic mass is 10.2. The number of benzene rings is 1. The summed E-state index contributed by atoms with van der Waals surface area (Å²) in [5.41, 5.74) is 1.04. The SMILES string of the molecule is COc1ccc([C@@H]2OCC[C@H](C)O2)cc1. The highest BCUT2D eigenvalue weighted by Crippen LogP contribution is 2.27. The van der Waals surface area contributed by atoms with Gasteiger partial charge < -0.3 is 14.2 Å². The van der Waals surface area contributed by atoms with Crippen LogP contribution in [0.5, 0.6) is 5.75 Å². The molecule has 0 unspecified atom stereocenters. The fourth-order valence-corrected chi connectivity index (χ4v) is 1.60. The summed E-state index contributed by atoms with van der Waals surface area (Å²) in [6.45, 7) is 2.83. The molecule has 1 heterocycles. The van der Waals surface area contributed by atoms with Crippen LogP contribution in [0.1, 0.15) is 25.2 Å². The van der Waals surface area contributed by atoms with Gasteiger partial charge in [-0.1, -0.05) is 12.1 Å². The van der Waals surface area contributed by atoms with E-state index in [9.17, 15) is 0 Å². The van der Waals surface area contributed by atoms with E-state index in [-0.39, 0.29) is 12.4 Å². The molecule has 0 N–H and O–H groups in total. The van der Waals surface area contributed by atoms with E-state index in [2.05, 4.69) is 6.92 Å². The number of hydrogen-bond acceptors (Lipinski definition) is 3. The summed E-state index contributed by atoms with van der Waals surface area (Å²) >= 11 is 0. The van der Waals surface area contributed by atoms with Crippen LogP contribution in [0.2, 0.25) is 0 Å². The van der Waals surface area contributed by atoms with Crippen LogP contribution in [0, 0.1) is 0 Å². The molecule has 0 bridgehead atoms. The van der Waals surface area contributed by atoms with Gasteiger partial charge in [0.25, 0.3) is 0 Å². The summed E-state index contributed by atoms with van der Waals surface area (Å²) in [4.78, 5) is 0. The highest BCUT2D eigenvalue weighted by Gasteiger charge is 2.20. The van der Waals surface area contributed by atoms with Gasteiger partial charge in [-0.3, -0.25) is 0 Å². The van der Waals surface area contributed by atoms with E-state index in [1.54, 1.807) is 7.11 Å². The van der Waals surface area contributed by atoms with Crippen molar-refractivity contribution in [3.05, 3.63) is 29.8 Å². The molecule has 1 saturated heterocycles. The van der Waals surface area contributed by atoms with Crippen molar-refractivity contribution in [2.24, 2.45) is 0 Å². The quantitative estimate of drug-likeness (QED) is 0.747. The topological polar surface area (TPSA) is 27.7 Å². The molecule has 15 heavy (non-hydrogen) atoms. The van der Waals surface area contributed by atoms with Gasteiger partial charge in [-0.2, -0.15) is 0 Å². The maximum atomic E-state index is 5.68. The molecule has 0 radical (unpaired) electrons. The van der Waals surface area contributed by atoms with E-state index in [0.717, 1.165) is 24.3 Å². The van der Waals surface area contributed by atoms with E-state index in [0.29, 0.717) is 0 Å². The summed E-state index contributed by atoms with van der Waals surface area (Å²) in [6.07, 6.45) is 1.01. The van der Waals surface area contributed by atoms with E-state index in [4.69, 9.17) is 14.2 Å². The van der Waals surface area contributed by atoms with Crippen molar-refractivity contribution in [3.63, 3.8) is 0 Å². The Kier molecular flexibility index (Phi) is 3.23. The second-order valence-electron chi connectivity index (χ2n) is 3.71. The van der Waals surface area contributed by atoms with E-state index in [1.807, 2.05) is 24.3 Å². The molecule has 2 rings (SSSR count). The van der Waals surface area contributed by atoms with Crippen molar-refractivity contribution in [3.8, 4) is 5.75 Å². The van der Waals surface area contributed by atoms with Crippen LogP contribution < -0.4 is 4.74 Å². The summed E-state index contributed by atoms with van der Waals surface area (Å²) in [7, 11) is 1.66. The van der Waals surface area contributed by atoms with Crippen LogP contribution >= 0.6 is 0 Å². The van der Waals surface area contributed by atoms with Gasteiger partial charge in [-0.05, 0) is 25.5 Å². The molecule has 0 amide bonds. The van der Waals surface area contributed by atoms with Gasteiger partial charge in [-0.15, -0.1) is 0 Å². The Hall–Kier alpha value is -1.06. The monoisotopic (exact) mass is 208 g/mol. The highest BCUT2D eigenvalue weighted by molar-refractivity contribution is 5.27. The molecule has 0 saturated carbocycles. The van der Waals surface area contributed by atoms with Crippen molar-refractivity contribution in [2.75, 3.05) is 13.7 Å². The number of ether oxygens (including phenoxy) is 3. The Morgan fingerprint density at radius 3 is 2.60 bits per heavy atom. The van der Waals surface area contributed by atoms with Crippen molar-refractivity contribution < 1.29 is 14.2 Å². The van der Waals surface area contributed by atoms with Crippen molar-refractivity contribution in [2.45, 2.75) is 25.7 Å². The first kappa shape index (κ1) is 10.5. The number of methoxy groups -OCH3 is 1. The second kappa shape index (κ2) is 4.64.